The molecule has 1 unspecified atom stereocenters. The maximum absolute atomic E-state index is 14.1. The zero-order chi connectivity index (χ0) is 21.1. The lowest BCUT2D eigenvalue weighted by Crippen LogP contribution is -2.14. The lowest BCUT2D eigenvalue weighted by Gasteiger charge is -2.19. The number of carbonyl (C=O) groups excluding carboxylic acids is 1. The molecule has 0 aliphatic rings. The molecule has 0 amide bonds. The SMILES string of the molecule is CCC(=O)C(C)c1cccc(Cl)c1COc1cc(F)c(CC)cc1C(F)(F)F. The van der Waals surface area contributed by atoms with Crippen molar-refractivity contribution in [2.24, 2.45) is 0 Å². The van der Waals surface area contributed by atoms with Crippen molar-refractivity contribution < 1.29 is 27.1 Å². The number of rotatable bonds is 7. The molecule has 0 saturated heterocycles. The highest BCUT2D eigenvalue weighted by Crippen LogP contribution is 2.39. The summed E-state index contributed by atoms with van der Waals surface area (Å²) in [6, 6.07) is 6.43. The molecule has 2 aromatic rings. The maximum Gasteiger partial charge on any atom is 0.419 e. The first-order valence-corrected chi connectivity index (χ1v) is 9.30. The molecule has 0 saturated carbocycles. The molecule has 28 heavy (non-hydrogen) atoms. The summed E-state index contributed by atoms with van der Waals surface area (Å²) in [5, 5.41) is 0.271. The molecule has 0 fully saturated rings. The van der Waals surface area contributed by atoms with Gasteiger partial charge in [-0.15, -0.1) is 0 Å². The number of hydrogen-bond acceptors (Lipinski definition) is 2. The summed E-state index contributed by atoms with van der Waals surface area (Å²) in [5.41, 5.74) is -0.0950. The van der Waals surface area contributed by atoms with Crippen molar-refractivity contribution in [2.45, 2.75) is 52.3 Å². The van der Waals surface area contributed by atoms with E-state index < -0.39 is 29.2 Å². The quantitative estimate of drug-likeness (QED) is 0.468. The van der Waals surface area contributed by atoms with Crippen molar-refractivity contribution in [1.82, 2.24) is 0 Å². The topological polar surface area (TPSA) is 26.3 Å². The Morgan fingerprint density at radius 2 is 1.89 bits per heavy atom. The second kappa shape index (κ2) is 8.95. The first kappa shape index (κ1) is 22.2. The number of halogens is 5. The van der Waals surface area contributed by atoms with E-state index in [-0.39, 0.29) is 29.4 Å². The maximum atomic E-state index is 14.1. The average molecular weight is 417 g/mol. The Balaban J connectivity index is 2.42. The molecule has 2 aromatic carbocycles. The molecule has 0 aliphatic carbocycles. The van der Waals surface area contributed by atoms with Gasteiger partial charge in [0.25, 0.3) is 0 Å². The molecular formula is C21H21ClF4O2. The summed E-state index contributed by atoms with van der Waals surface area (Å²) < 4.78 is 59.6. The van der Waals surface area contributed by atoms with Gasteiger partial charge >= 0.3 is 6.18 Å². The largest absolute Gasteiger partial charge is 0.488 e. The molecule has 1 atom stereocenters. The smallest absolute Gasteiger partial charge is 0.419 e. The van der Waals surface area contributed by atoms with Gasteiger partial charge in [0.2, 0.25) is 0 Å². The predicted molar refractivity (Wildman–Crippen MR) is 100 cm³/mol. The van der Waals surface area contributed by atoms with Crippen LogP contribution in [0.15, 0.2) is 30.3 Å². The number of hydrogen-bond donors (Lipinski definition) is 0. The van der Waals surface area contributed by atoms with Crippen molar-refractivity contribution >= 4 is 17.4 Å². The number of ether oxygens (including phenoxy) is 1. The second-order valence-electron chi connectivity index (χ2n) is 6.43. The van der Waals surface area contributed by atoms with Crippen LogP contribution >= 0.6 is 11.6 Å². The van der Waals surface area contributed by atoms with Gasteiger partial charge in [-0.1, -0.05) is 44.5 Å². The van der Waals surface area contributed by atoms with Gasteiger partial charge in [0.05, 0.1) is 5.56 Å². The molecule has 0 spiro atoms. The summed E-state index contributed by atoms with van der Waals surface area (Å²) in [6.07, 6.45) is -4.25. The van der Waals surface area contributed by atoms with Gasteiger partial charge in [0.1, 0.15) is 24.0 Å². The number of benzene rings is 2. The van der Waals surface area contributed by atoms with Crippen LogP contribution in [0.4, 0.5) is 17.6 Å². The van der Waals surface area contributed by atoms with E-state index >= 15 is 0 Å². The van der Waals surface area contributed by atoms with Crippen LogP contribution < -0.4 is 4.74 Å². The first-order valence-electron chi connectivity index (χ1n) is 8.92. The van der Waals surface area contributed by atoms with Gasteiger partial charge in [-0.3, -0.25) is 4.79 Å². The number of ketones is 1. The zero-order valence-corrected chi connectivity index (χ0v) is 16.5. The van der Waals surface area contributed by atoms with E-state index in [2.05, 4.69) is 0 Å². The summed E-state index contributed by atoms with van der Waals surface area (Å²) in [4.78, 5) is 12.1. The average Bonchev–Trinajstić information content (AvgIpc) is 2.64. The number of aryl methyl sites for hydroxylation is 1. The van der Waals surface area contributed by atoms with E-state index in [0.29, 0.717) is 17.5 Å². The van der Waals surface area contributed by atoms with Gasteiger partial charge in [0.15, 0.2) is 0 Å². The minimum atomic E-state index is -4.69. The summed E-state index contributed by atoms with van der Waals surface area (Å²) in [7, 11) is 0. The molecule has 0 radical (unpaired) electrons. The van der Waals surface area contributed by atoms with Crippen LogP contribution in [0.1, 0.15) is 55.4 Å². The van der Waals surface area contributed by atoms with Gasteiger partial charge < -0.3 is 4.74 Å². The number of Topliss-reactive ketones (excluding diaryl/α,β-unsaturated/α-hetero) is 1. The van der Waals surface area contributed by atoms with Crippen LogP contribution in [-0.4, -0.2) is 5.78 Å². The molecular weight excluding hydrogens is 396 g/mol. The Bertz CT molecular complexity index is 862. The van der Waals surface area contributed by atoms with E-state index in [4.69, 9.17) is 16.3 Å². The summed E-state index contributed by atoms with van der Waals surface area (Å²) in [5.74, 6) is -1.89. The second-order valence-corrected chi connectivity index (χ2v) is 6.84. The predicted octanol–water partition coefficient (Wildman–Crippen LogP) is 6.72. The van der Waals surface area contributed by atoms with Crippen LogP contribution in [0.25, 0.3) is 0 Å². The Morgan fingerprint density at radius 1 is 1.21 bits per heavy atom. The number of carbonyl (C=O) groups is 1. The van der Waals surface area contributed by atoms with Crippen LogP contribution in [0.5, 0.6) is 5.75 Å². The first-order chi connectivity index (χ1) is 13.1. The standard InChI is InChI=1S/C21H21ClF4O2/c1-4-13-9-16(21(24,25)26)20(10-18(13)23)28-11-15-14(7-6-8-17(15)22)12(3)19(27)5-2/h6-10,12H,4-5,11H2,1-3H3. The van der Waals surface area contributed by atoms with Gasteiger partial charge in [0, 0.05) is 29.0 Å². The van der Waals surface area contributed by atoms with E-state index in [9.17, 15) is 22.4 Å². The Morgan fingerprint density at radius 3 is 2.46 bits per heavy atom. The van der Waals surface area contributed by atoms with Crippen LogP contribution in [0.2, 0.25) is 5.02 Å². The van der Waals surface area contributed by atoms with E-state index in [0.717, 1.165) is 12.1 Å². The van der Waals surface area contributed by atoms with Crippen molar-refractivity contribution in [1.29, 1.82) is 0 Å². The zero-order valence-electron chi connectivity index (χ0n) is 15.8. The minimum absolute atomic E-state index is 0.0298. The minimum Gasteiger partial charge on any atom is -0.488 e. The van der Waals surface area contributed by atoms with Crippen LogP contribution in [0, 0.1) is 5.82 Å². The van der Waals surface area contributed by atoms with Crippen LogP contribution in [0.3, 0.4) is 0 Å². The summed E-state index contributed by atoms with van der Waals surface area (Å²) in [6.45, 7) is 4.69. The Hall–Kier alpha value is -2.08. The molecule has 0 heterocycles. The van der Waals surface area contributed by atoms with Crippen molar-refractivity contribution in [3.05, 3.63) is 63.4 Å². The van der Waals surface area contributed by atoms with Crippen LogP contribution in [-0.2, 0) is 24.0 Å². The molecule has 2 rings (SSSR count). The third kappa shape index (κ3) is 4.85. The third-order valence-electron chi connectivity index (χ3n) is 4.66. The molecule has 152 valence electrons. The molecule has 0 bridgehead atoms. The fourth-order valence-corrected chi connectivity index (χ4v) is 3.21. The van der Waals surface area contributed by atoms with Crippen molar-refractivity contribution in [3.63, 3.8) is 0 Å². The fraction of sp³-hybridized carbons (Fsp3) is 0.381. The lowest BCUT2D eigenvalue weighted by molar-refractivity contribution is -0.139. The van der Waals surface area contributed by atoms with Gasteiger partial charge in [-0.05, 0) is 29.7 Å². The van der Waals surface area contributed by atoms with Crippen molar-refractivity contribution in [2.75, 3.05) is 0 Å². The third-order valence-corrected chi connectivity index (χ3v) is 5.01. The highest BCUT2D eigenvalue weighted by atomic mass is 35.5. The van der Waals surface area contributed by atoms with Crippen molar-refractivity contribution in [3.8, 4) is 5.75 Å². The highest BCUT2D eigenvalue weighted by molar-refractivity contribution is 6.31. The normalized spacial score (nSPS) is 12.7. The molecule has 0 aromatic heterocycles. The lowest BCUT2D eigenvalue weighted by atomic mass is 9.91. The van der Waals surface area contributed by atoms with E-state index in [1.54, 1.807) is 39.0 Å². The fourth-order valence-electron chi connectivity index (χ4n) is 2.97. The Labute approximate surface area is 166 Å². The molecule has 0 aliphatic heterocycles. The summed E-state index contributed by atoms with van der Waals surface area (Å²) >= 11 is 6.21. The molecule has 2 nitrogen and oxygen atoms in total. The molecule has 0 N–H and O–H groups in total. The highest BCUT2D eigenvalue weighted by Gasteiger charge is 2.35. The monoisotopic (exact) mass is 416 g/mol. The number of alkyl halides is 3. The van der Waals surface area contributed by atoms with Gasteiger partial charge in [-0.25, -0.2) is 4.39 Å². The van der Waals surface area contributed by atoms with Gasteiger partial charge in [-0.2, -0.15) is 13.2 Å². The van der Waals surface area contributed by atoms with E-state index in [1.807, 2.05) is 0 Å². The molecule has 7 heteroatoms. The van der Waals surface area contributed by atoms with E-state index in [1.165, 1.54) is 0 Å². The Kier molecular flexibility index (Phi) is 7.10.